The van der Waals surface area contributed by atoms with E-state index >= 15 is 0 Å². The number of anilines is 3. The van der Waals surface area contributed by atoms with Gasteiger partial charge < -0.3 is 18.9 Å². The van der Waals surface area contributed by atoms with Gasteiger partial charge in [-0.3, -0.25) is 9.97 Å². The topological polar surface area (TPSA) is 76.2 Å². The Morgan fingerprint density at radius 1 is 0.491 bits per heavy atom. The van der Waals surface area contributed by atoms with Crippen molar-refractivity contribution in [2.75, 3.05) is 4.90 Å². The summed E-state index contributed by atoms with van der Waals surface area (Å²) in [5.74, 6) is 3.12. The normalized spacial score (nSPS) is 13.8. The van der Waals surface area contributed by atoms with Gasteiger partial charge in [-0.2, -0.15) is 5.26 Å². The highest BCUT2D eigenvalue weighted by Crippen LogP contribution is 2.62. The van der Waals surface area contributed by atoms with Crippen LogP contribution < -0.4 is 14.4 Å². The minimum atomic E-state index is -0.819. The first-order chi connectivity index (χ1) is 27.2. The van der Waals surface area contributed by atoms with Crippen LogP contribution in [-0.4, -0.2) is 14.5 Å². The molecule has 0 saturated carbocycles. The molecule has 7 nitrogen and oxygen atoms in total. The van der Waals surface area contributed by atoms with Crippen LogP contribution in [0, 0.1) is 11.3 Å². The van der Waals surface area contributed by atoms with Crippen molar-refractivity contribution in [3.05, 3.63) is 192 Å². The lowest BCUT2D eigenvalue weighted by molar-refractivity contribution is 0.436. The van der Waals surface area contributed by atoms with Gasteiger partial charge in [0.1, 0.15) is 11.5 Å². The zero-order valence-electron chi connectivity index (χ0n) is 29.1. The van der Waals surface area contributed by atoms with Gasteiger partial charge in [0, 0.05) is 45.7 Å². The molecule has 256 valence electrons. The number of hydrogen-bond acceptors (Lipinski definition) is 6. The molecule has 3 aliphatic rings. The Morgan fingerprint density at radius 3 is 1.76 bits per heavy atom. The maximum absolute atomic E-state index is 9.79. The third-order valence-electron chi connectivity index (χ3n) is 11.4. The number of aromatic nitrogens is 3. The number of rotatable bonds is 2. The van der Waals surface area contributed by atoms with E-state index in [4.69, 9.17) is 19.4 Å². The average Bonchev–Trinajstić information content (AvgIpc) is 3.73. The SMILES string of the molecule is N#Cc1ccc2c(c1)c1ccccc1n2-c1ccc2c(c1)C1(c3cc(N4c5ccccc5Oc5ccccc54)ccc3O2)c2cccnc2-c2ncccc21. The third kappa shape index (κ3) is 3.92. The van der Waals surface area contributed by atoms with Gasteiger partial charge in [0.2, 0.25) is 0 Å². The van der Waals surface area contributed by atoms with E-state index in [0.29, 0.717) is 5.56 Å². The van der Waals surface area contributed by atoms with Crippen molar-refractivity contribution in [1.29, 1.82) is 5.26 Å². The first kappa shape index (κ1) is 29.8. The number of nitriles is 1. The first-order valence-corrected chi connectivity index (χ1v) is 18.2. The van der Waals surface area contributed by atoms with Crippen LogP contribution in [0.1, 0.15) is 27.8 Å². The van der Waals surface area contributed by atoms with Crippen molar-refractivity contribution in [3.63, 3.8) is 0 Å². The van der Waals surface area contributed by atoms with Crippen LogP contribution in [0.15, 0.2) is 164 Å². The molecule has 6 aromatic carbocycles. The Labute approximate surface area is 315 Å². The Balaban J connectivity index is 1.16. The summed E-state index contributed by atoms with van der Waals surface area (Å²) >= 11 is 0. The molecule has 0 fully saturated rings. The van der Waals surface area contributed by atoms with Crippen molar-refractivity contribution in [2.24, 2.45) is 0 Å². The highest BCUT2D eigenvalue weighted by molar-refractivity contribution is 6.09. The molecule has 3 aromatic heterocycles. The van der Waals surface area contributed by atoms with Gasteiger partial charge in [0.15, 0.2) is 11.5 Å². The van der Waals surface area contributed by atoms with Crippen LogP contribution in [0.25, 0.3) is 38.9 Å². The number of hydrogen-bond donors (Lipinski definition) is 0. The van der Waals surface area contributed by atoms with Crippen LogP contribution in [0.3, 0.4) is 0 Å². The second-order valence-corrected chi connectivity index (χ2v) is 14.1. The van der Waals surface area contributed by atoms with Crippen LogP contribution in [-0.2, 0) is 5.41 Å². The lowest BCUT2D eigenvalue weighted by atomic mass is 9.66. The number of pyridine rings is 2. The highest BCUT2D eigenvalue weighted by atomic mass is 16.5. The van der Waals surface area contributed by atoms with Crippen molar-refractivity contribution < 1.29 is 9.47 Å². The van der Waals surface area contributed by atoms with Gasteiger partial charge in [-0.25, -0.2) is 0 Å². The number of nitrogens with zero attached hydrogens (tertiary/aromatic N) is 5. The third-order valence-corrected chi connectivity index (χ3v) is 11.4. The molecule has 0 unspecified atom stereocenters. The maximum Gasteiger partial charge on any atom is 0.151 e. The zero-order valence-corrected chi connectivity index (χ0v) is 29.1. The Kier molecular flexibility index (Phi) is 5.92. The molecule has 0 radical (unpaired) electrons. The largest absolute Gasteiger partial charge is 0.457 e. The van der Waals surface area contributed by atoms with E-state index in [1.807, 2.05) is 85.2 Å². The quantitative estimate of drug-likeness (QED) is 0.178. The molecule has 55 heavy (non-hydrogen) atoms. The smallest absolute Gasteiger partial charge is 0.151 e. The second-order valence-electron chi connectivity index (χ2n) is 14.1. The maximum atomic E-state index is 9.79. The minimum Gasteiger partial charge on any atom is -0.457 e. The summed E-state index contributed by atoms with van der Waals surface area (Å²) in [6.45, 7) is 0. The van der Waals surface area contributed by atoms with Gasteiger partial charge in [-0.15, -0.1) is 0 Å². The number of benzene rings is 6. The highest BCUT2D eigenvalue weighted by Gasteiger charge is 2.53. The summed E-state index contributed by atoms with van der Waals surface area (Å²) in [6.07, 6.45) is 3.69. The molecule has 9 aromatic rings. The van der Waals surface area contributed by atoms with Crippen LogP contribution in [0.4, 0.5) is 17.1 Å². The van der Waals surface area contributed by atoms with E-state index in [1.54, 1.807) is 0 Å². The average molecular weight is 706 g/mol. The molecule has 2 aliphatic heterocycles. The Morgan fingerprint density at radius 2 is 1.07 bits per heavy atom. The fraction of sp³-hybridized carbons (Fsp3) is 0.0208. The molecule has 1 aliphatic carbocycles. The molecular formula is C48H27N5O2. The van der Waals surface area contributed by atoms with Crippen molar-refractivity contribution in [1.82, 2.24) is 14.5 Å². The van der Waals surface area contributed by atoms with Crippen LogP contribution >= 0.6 is 0 Å². The summed E-state index contributed by atoms with van der Waals surface area (Å²) in [6, 6.07) is 54.3. The molecule has 0 N–H and O–H groups in total. The predicted octanol–water partition coefficient (Wildman–Crippen LogP) is 11.5. The van der Waals surface area contributed by atoms with Crippen molar-refractivity contribution in [3.8, 4) is 46.1 Å². The molecule has 0 bridgehead atoms. The monoisotopic (exact) mass is 705 g/mol. The summed E-state index contributed by atoms with van der Waals surface area (Å²) in [4.78, 5) is 12.2. The fourth-order valence-corrected chi connectivity index (χ4v) is 9.16. The first-order valence-electron chi connectivity index (χ1n) is 18.2. The summed E-state index contributed by atoms with van der Waals surface area (Å²) in [5, 5.41) is 11.9. The van der Waals surface area contributed by atoms with E-state index in [2.05, 4.69) is 94.4 Å². The van der Waals surface area contributed by atoms with Crippen molar-refractivity contribution >= 4 is 38.9 Å². The lowest BCUT2D eigenvalue weighted by Gasteiger charge is -2.40. The summed E-state index contributed by atoms with van der Waals surface area (Å²) in [5.41, 5.74) is 11.6. The molecule has 0 amide bonds. The van der Waals surface area contributed by atoms with E-state index in [0.717, 1.165) is 101 Å². The molecule has 1 spiro atoms. The van der Waals surface area contributed by atoms with Gasteiger partial charge >= 0.3 is 0 Å². The van der Waals surface area contributed by atoms with E-state index in [1.165, 1.54) is 0 Å². The Bertz CT molecular complexity index is 3070. The van der Waals surface area contributed by atoms with Gasteiger partial charge in [0.25, 0.3) is 0 Å². The molecule has 7 heteroatoms. The summed E-state index contributed by atoms with van der Waals surface area (Å²) < 4.78 is 15.6. The molecular weight excluding hydrogens is 679 g/mol. The summed E-state index contributed by atoms with van der Waals surface area (Å²) in [7, 11) is 0. The van der Waals surface area contributed by atoms with E-state index in [9.17, 15) is 5.26 Å². The second kappa shape index (κ2) is 10.9. The van der Waals surface area contributed by atoms with E-state index in [-0.39, 0.29) is 0 Å². The van der Waals surface area contributed by atoms with E-state index < -0.39 is 5.41 Å². The minimum absolute atomic E-state index is 0.630. The van der Waals surface area contributed by atoms with Crippen molar-refractivity contribution in [2.45, 2.75) is 5.41 Å². The molecule has 0 atom stereocenters. The molecule has 12 rings (SSSR count). The van der Waals surface area contributed by atoms with Gasteiger partial charge in [-0.05, 0) is 108 Å². The fourth-order valence-electron chi connectivity index (χ4n) is 9.16. The Hall–Kier alpha value is -7.69. The number of ether oxygens (including phenoxy) is 2. The zero-order chi connectivity index (χ0) is 36.3. The van der Waals surface area contributed by atoms with Gasteiger partial charge in [0.05, 0.1) is 50.8 Å². The van der Waals surface area contributed by atoms with Crippen LogP contribution in [0.2, 0.25) is 0 Å². The lowest BCUT2D eigenvalue weighted by Crippen LogP contribution is -2.32. The predicted molar refractivity (Wildman–Crippen MR) is 213 cm³/mol. The van der Waals surface area contributed by atoms with Crippen LogP contribution in [0.5, 0.6) is 23.0 Å². The molecule has 5 heterocycles. The standard InChI is InChI=1S/C48H27N5O2/c49-28-29-17-20-39-33(25-29)32-9-1-2-12-38(32)52(39)30-18-21-42-36(26-30)48(34-10-7-23-50-46(34)47-35(48)11-8-24-51-47)37-27-31(19-22-43(37)54-42)53-40-13-3-5-15-44(40)55-45-16-6-4-14-41(45)53/h1-27H. The van der Waals surface area contributed by atoms with Gasteiger partial charge in [-0.1, -0.05) is 54.6 Å². The molecule has 0 saturated heterocycles. The number of fused-ring (bicyclic) bond motifs is 14. The number of para-hydroxylation sites is 5.